The summed E-state index contributed by atoms with van der Waals surface area (Å²) in [6.07, 6.45) is 4.60. The second-order valence-corrected chi connectivity index (χ2v) is 9.02. The zero-order chi connectivity index (χ0) is 23.8. The van der Waals surface area contributed by atoms with Gasteiger partial charge in [0, 0.05) is 16.3 Å². The van der Waals surface area contributed by atoms with E-state index in [-0.39, 0.29) is 11.9 Å². The van der Waals surface area contributed by atoms with Crippen molar-refractivity contribution in [2.24, 2.45) is 0 Å². The lowest BCUT2D eigenvalue weighted by Gasteiger charge is -2.32. The fourth-order valence-electron chi connectivity index (χ4n) is 4.86. The molecule has 0 unspecified atom stereocenters. The number of carbonyl (C=O) groups excluding carboxylic acids is 1. The van der Waals surface area contributed by atoms with Gasteiger partial charge in [0.05, 0.1) is 22.6 Å². The summed E-state index contributed by atoms with van der Waals surface area (Å²) in [7, 11) is 0. The van der Waals surface area contributed by atoms with Gasteiger partial charge in [-0.1, -0.05) is 30.2 Å². The number of fused-ring (bicyclic) bond motifs is 3. The van der Waals surface area contributed by atoms with E-state index in [1.54, 1.807) is 13.0 Å². The number of hydrogen-bond donors (Lipinski definition) is 1. The molecule has 1 atom stereocenters. The quantitative estimate of drug-likeness (QED) is 0.418. The predicted molar refractivity (Wildman–Crippen MR) is 125 cm³/mol. The van der Waals surface area contributed by atoms with E-state index >= 15 is 0 Å². The number of benzene rings is 2. The van der Waals surface area contributed by atoms with Gasteiger partial charge in [-0.25, -0.2) is 9.78 Å². The summed E-state index contributed by atoms with van der Waals surface area (Å²) in [5.41, 5.74) is 2.60. The van der Waals surface area contributed by atoms with Gasteiger partial charge in [-0.2, -0.15) is 8.78 Å². The van der Waals surface area contributed by atoms with Crippen LogP contribution in [-0.4, -0.2) is 28.2 Å². The molecule has 1 aliphatic heterocycles. The molecule has 1 N–H and O–H groups in total. The van der Waals surface area contributed by atoms with Crippen molar-refractivity contribution in [3.8, 4) is 5.75 Å². The highest BCUT2D eigenvalue weighted by molar-refractivity contribution is 6.30. The van der Waals surface area contributed by atoms with Crippen molar-refractivity contribution < 1.29 is 23.0 Å². The van der Waals surface area contributed by atoms with Crippen LogP contribution in [0, 0.1) is 0 Å². The minimum absolute atomic E-state index is 0.0641. The zero-order valence-electron chi connectivity index (χ0n) is 18.6. The van der Waals surface area contributed by atoms with Crippen LogP contribution in [0.25, 0.3) is 11.0 Å². The SMILES string of the molecule is CC1=C(C(=O)OC2CCCCC2)[C@H](c2cc(Cl)ccc2OC(F)F)n2c(nc3ccccc32)N1. The van der Waals surface area contributed by atoms with E-state index < -0.39 is 18.6 Å². The number of alkyl halides is 2. The number of hydrogen-bond acceptors (Lipinski definition) is 5. The largest absolute Gasteiger partial charge is 0.459 e. The van der Waals surface area contributed by atoms with Crippen LogP contribution < -0.4 is 10.1 Å². The standard InChI is InChI=1S/C25H24ClF2N3O3/c1-14-21(23(32)33-16-7-3-2-4-8-16)22(17-13-15(26)11-12-20(17)34-24(27)28)31-19-10-6-5-9-18(19)30-25(31)29-14/h5-6,9-13,16,22,24H,2-4,7-8H2,1H3,(H,29,30)/t22-/m0/s1. The third kappa shape index (κ3) is 4.22. The van der Waals surface area contributed by atoms with E-state index in [2.05, 4.69) is 10.3 Å². The Balaban J connectivity index is 1.68. The lowest BCUT2D eigenvalue weighted by Crippen LogP contribution is -2.31. The van der Waals surface area contributed by atoms with E-state index in [1.807, 2.05) is 28.8 Å². The topological polar surface area (TPSA) is 65.4 Å². The molecule has 2 aromatic carbocycles. The number of allylic oxidation sites excluding steroid dienone is 1. The Bertz CT molecular complexity index is 1270. The monoisotopic (exact) mass is 487 g/mol. The summed E-state index contributed by atoms with van der Waals surface area (Å²) in [5, 5.41) is 3.53. The summed E-state index contributed by atoms with van der Waals surface area (Å²) in [6.45, 7) is -1.28. The van der Waals surface area contributed by atoms with Crippen molar-refractivity contribution in [2.45, 2.75) is 57.8 Å². The van der Waals surface area contributed by atoms with Crippen molar-refractivity contribution in [3.05, 3.63) is 64.3 Å². The summed E-state index contributed by atoms with van der Waals surface area (Å²) >= 11 is 6.30. The smallest absolute Gasteiger partial charge is 0.387 e. The summed E-state index contributed by atoms with van der Waals surface area (Å²) in [6, 6.07) is 11.0. The van der Waals surface area contributed by atoms with Gasteiger partial charge in [0.25, 0.3) is 0 Å². The Labute approximate surface area is 200 Å². The van der Waals surface area contributed by atoms with E-state index in [9.17, 15) is 13.6 Å². The third-order valence-corrected chi connectivity index (χ3v) is 6.59. The van der Waals surface area contributed by atoms with Gasteiger partial charge in [0.2, 0.25) is 5.95 Å². The van der Waals surface area contributed by atoms with Crippen LogP contribution in [0.2, 0.25) is 5.02 Å². The zero-order valence-corrected chi connectivity index (χ0v) is 19.3. The van der Waals surface area contributed by atoms with Crippen LogP contribution >= 0.6 is 11.6 Å². The Hall–Kier alpha value is -3.13. The van der Waals surface area contributed by atoms with Gasteiger partial charge in [-0.3, -0.25) is 4.57 Å². The molecule has 0 amide bonds. The van der Waals surface area contributed by atoms with Crippen LogP contribution in [-0.2, 0) is 9.53 Å². The molecule has 5 rings (SSSR count). The molecule has 1 aromatic heterocycles. The van der Waals surface area contributed by atoms with Crippen LogP contribution in [0.3, 0.4) is 0 Å². The molecule has 178 valence electrons. The van der Waals surface area contributed by atoms with Crippen LogP contribution in [0.15, 0.2) is 53.7 Å². The molecule has 0 spiro atoms. The minimum Gasteiger partial charge on any atom is -0.459 e. The molecular weight excluding hydrogens is 464 g/mol. The van der Waals surface area contributed by atoms with Crippen molar-refractivity contribution in [2.75, 3.05) is 5.32 Å². The lowest BCUT2D eigenvalue weighted by molar-refractivity contribution is -0.146. The van der Waals surface area contributed by atoms with Gasteiger partial charge in [-0.15, -0.1) is 0 Å². The first-order chi connectivity index (χ1) is 16.4. The number of para-hydroxylation sites is 2. The lowest BCUT2D eigenvalue weighted by atomic mass is 9.93. The van der Waals surface area contributed by atoms with Crippen molar-refractivity contribution >= 4 is 34.6 Å². The molecule has 0 radical (unpaired) electrons. The van der Waals surface area contributed by atoms with Crippen molar-refractivity contribution in [1.29, 1.82) is 0 Å². The molecule has 1 aliphatic carbocycles. The number of ether oxygens (including phenoxy) is 2. The predicted octanol–water partition coefficient (Wildman–Crippen LogP) is 6.46. The molecule has 0 bridgehead atoms. The Kier molecular flexibility index (Phi) is 6.16. The first-order valence-corrected chi connectivity index (χ1v) is 11.7. The van der Waals surface area contributed by atoms with E-state index in [1.165, 1.54) is 12.1 Å². The number of halogens is 3. The Morgan fingerprint density at radius 2 is 1.94 bits per heavy atom. The van der Waals surface area contributed by atoms with Crippen LogP contribution in [0.1, 0.15) is 50.6 Å². The number of carbonyl (C=O) groups is 1. The highest BCUT2D eigenvalue weighted by Gasteiger charge is 2.38. The van der Waals surface area contributed by atoms with E-state index in [0.717, 1.165) is 37.6 Å². The maximum Gasteiger partial charge on any atom is 0.387 e. The molecule has 2 heterocycles. The highest BCUT2D eigenvalue weighted by Crippen LogP contribution is 2.44. The normalized spacial score (nSPS) is 18.7. The molecule has 34 heavy (non-hydrogen) atoms. The van der Waals surface area contributed by atoms with E-state index in [0.29, 0.717) is 33.3 Å². The fraction of sp³-hybridized carbons (Fsp3) is 0.360. The number of imidazole rings is 1. The molecule has 1 saturated carbocycles. The molecule has 9 heteroatoms. The molecule has 3 aromatic rings. The maximum absolute atomic E-state index is 13.6. The number of esters is 1. The second kappa shape index (κ2) is 9.25. The van der Waals surface area contributed by atoms with Gasteiger partial charge in [-0.05, 0) is 62.9 Å². The summed E-state index contributed by atoms with van der Waals surface area (Å²) < 4.78 is 39.2. The number of aromatic nitrogens is 2. The van der Waals surface area contributed by atoms with E-state index in [4.69, 9.17) is 21.1 Å². The molecule has 0 saturated heterocycles. The molecule has 1 fully saturated rings. The Morgan fingerprint density at radius 1 is 1.18 bits per heavy atom. The first kappa shape index (κ1) is 22.7. The second-order valence-electron chi connectivity index (χ2n) is 8.59. The molecular formula is C25H24ClF2N3O3. The third-order valence-electron chi connectivity index (χ3n) is 6.36. The maximum atomic E-state index is 13.6. The van der Waals surface area contributed by atoms with Gasteiger partial charge in [0.1, 0.15) is 11.9 Å². The van der Waals surface area contributed by atoms with Crippen molar-refractivity contribution in [3.63, 3.8) is 0 Å². The summed E-state index contributed by atoms with van der Waals surface area (Å²) in [4.78, 5) is 18.2. The average molecular weight is 488 g/mol. The van der Waals surface area contributed by atoms with Crippen molar-refractivity contribution in [1.82, 2.24) is 9.55 Å². The average Bonchev–Trinajstić information content (AvgIpc) is 3.17. The first-order valence-electron chi connectivity index (χ1n) is 11.3. The van der Waals surface area contributed by atoms with Gasteiger partial charge >= 0.3 is 12.6 Å². The van der Waals surface area contributed by atoms with Crippen LogP contribution in [0.4, 0.5) is 14.7 Å². The van der Waals surface area contributed by atoms with Gasteiger partial charge in [0.15, 0.2) is 0 Å². The number of nitrogens with zero attached hydrogens (tertiary/aromatic N) is 2. The van der Waals surface area contributed by atoms with Crippen LogP contribution in [0.5, 0.6) is 5.75 Å². The van der Waals surface area contributed by atoms with Gasteiger partial charge < -0.3 is 14.8 Å². The summed E-state index contributed by atoms with van der Waals surface area (Å²) in [5.74, 6) is -0.0695. The molecule has 6 nitrogen and oxygen atoms in total. The number of anilines is 1. The molecule has 2 aliphatic rings. The highest BCUT2D eigenvalue weighted by atomic mass is 35.5. The number of rotatable bonds is 5. The Morgan fingerprint density at radius 3 is 2.71 bits per heavy atom. The minimum atomic E-state index is -3.04. The fourth-order valence-corrected chi connectivity index (χ4v) is 5.04. The number of nitrogens with one attached hydrogen (secondary N) is 1.